The smallest absolute Gasteiger partial charge is 0.323 e. The van der Waals surface area contributed by atoms with Crippen molar-refractivity contribution < 1.29 is 101 Å². The molecule has 1 heterocycles. The Kier molecular flexibility index (Phi) is 31.9. The van der Waals surface area contributed by atoms with Crippen LogP contribution in [0, 0.1) is 0 Å². The topological polar surface area (TPSA) is 317 Å². The average molecular weight is 1460 g/mol. The summed E-state index contributed by atoms with van der Waals surface area (Å²) < 4.78 is 64.3. The van der Waals surface area contributed by atoms with Crippen LogP contribution in [0.3, 0.4) is 0 Å². The van der Waals surface area contributed by atoms with Crippen LogP contribution in [0.15, 0.2) is 150 Å². The molecule has 0 spiro atoms. The molecule has 106 heavy (non-hydrogen) atoms. The van der Waals surface area contributed by atoms with E-state index in [9.17, 15) is 49.2 Å². The van der Waals surface area contributed by atoms with Crippen LogP contribution in [0.1, 0.15) is 66.7 Å². The van der Waals surface area contributed by atoms with Gasteiger partial charge < -0.3 is 97.1 Å². The second-order valence-corrected chi connectivity index (χ2v) is 25.4. The van der Waals surface area contributed by atoms with Gasteiger partial charge in [0.05, 0.1) is 24.0 Å². The van der Waals surface area contributed by atoms with Gasteiger partial charge in [-0.25, -0.2) is 4.58 Å². The first-order chi connectivity index (χ1) is 51.1. The van der Waals surface area contributed by atoms with Crippen molar-refractivity contribution in [2.45, 2.75) is 50.9 Å². The number of anilines is 5. The van der Waals surface area contributed by atoms with Crippen molar-refractivity contribution in [2.75, 3.05) is 174 Å². The summed E-state index contributed by atoms with van der Waals surface area (Å²) in [6.07, 6.45) is 2.31. The Morgan fingerprint density at radius 3 is 1.51 bits per heavy atom. The fraction of sp³-hybridized carbons (Fsp3) is 0.380. The van der Waals surface area contributed by atoms with E-state index >= 15 is 0 Å². The van der Waals surface area contributed by atoms with Gasteiger partial charge in [-0.05, 0) is 126 Å². The van der Waals surface area contributed by atoms with Gasteiger partial charge in [0, 0.05) is 126 Å². The molecule has 0 amide bonds. The van der Waals surface area contributed by atoms with E-state index in [4.69, 9.17) is 51.8 Å². The Labute approximate surface area is 615 Å². The van der Waals surface area contributed by atoms with Gasteiger partial charge in [0.25, 0.3) is 0 Å². The molecule has 2 aliphatic rings. The summed E-state index contributed by atoms with van der Waals surface area (Å²) in [7, 11) is 13.6. The minimum atomic E-state index is -1.33. The average Bonchev–Trinajstić information content (AvgIpc) is 0.749. The highest BCUT2D eigenvalue weighted by Gasteiger charge is 2.26. The molecule has 27 nitrogen and oxygen atoms in total. The van der Waals surface area contributed by atoms with E-state index in [0.717, 1.165) is 60.0 Å². The molecule has 6 aromatic rings. The fourth-order valence-electron chi connectivity index (χ4n) is 11.7. The van der Waals surface area contributed by atoms with Gasteiger partial charge in [-0.2, -0.15) is 0 Å². The third-order valence-electron chi connectivity index (χ3n) is 16.8. The minimum absolute atomic E-state index is 0.0213. The molecule has 1 aliphatic heterocycles. The number of benzene rings is 7. The molecule has 1 atom stereocenters. The number of aliphatic carboxylic acids is 4. The van der Waals surface area contributed by atoms with Crippen molar-refractivity contribution in [3.05, 3.63) is 173 Å². The zero-order chi connectivity index (χ0) is 75.9. The summed E-state index contributed by atoms with van der Waals surface area (Å²) in [4.78, 5) is 80.5. The highest BCUT2D eigenvalue weighted by atomic mass is 16.8. The third-order valence-corrected chi connectivity index (χ3v) is 16.8. The van der Waals surface area contributed by atoms with E-state index in [2.05, 4.69) is 70.9 Å². The maximum Gasteiger partial charge on any atom is 0.323 e. The van der Waals surface area contributed by atoms with E-state index in [1.165, 1.54) is 23.3 Å². The van der Waals surface area contributed by atoms with Crippen LogP contribution in [0.25, 0.3) is 33.4 Å². The van der Waals surface area contributed by atoms with E-state index in [0.29, 0.717) is 67.8 Å². The molecule has 0 radical (unpaired) electrons. The van der Waals surface area contributed by atoms with Crippen LogP contribution in [0.5, 0.6) is 17.2 Å². The standard InChI is InChI=1S/C79H94N6O21/c1-80-59-22-15-55(16-23-59)78(56-17-24-60(25-18-56)81(2)3)57-19-28-65(29-20-57)103-36-10-12-63(86)11-8-34-96-48-98-50-100-52-102-53-101-51-99-49-97-35-9-13-64(87)39-54-14-33-70(69(40-54)85(46-76(92)93)47-77(94)95)104-37-38-105-73-41-58(21-32-68(73)84(44-74(88)89)45-75(90)91)79-66-30-26-61(82(4)5)42-71(66)106-72-43-62(83(6)7)27-31-67(72)79/h14-33,40-43,78,80H,8-13,34-39,44-53H2,1-7H3,(H3-,88,89,90,91,92,93,94,95)/p+1. The number of ether oxygens (including phenoxy) is 10. The van der Waals surface area contributed by atoms with Crippen LogP contribution < -0.4 is 49.1 Å². The molecule has 1 unspecified atom stereocenters. The van der Waals surface area contributed by atoms with Crippen LogP contribution in [-0.2, 0) is 68.3 Å². The Balaban J connectivity index is 0.706. The number of Topliss-reactive ketones (excluding diaryl/α,β-unsaturated/α-hetero) is 2. The van der Waals surface area contributed by atoms with Gasteiger partial charge in [0.2, 0.25) is 5.36 Å². The number of fused-ring (bicyclic) bond motifs is 2. The number of carboxylic acid groups (broad SMARTS) is 4. The molecular weight excluding hydrogens is 1370 g/mol. The van der Waals surface area contributed by atoms with E-state index in [1.54, 1.807) is 24.3 Å². The van der Waals surface area contributed by atoms with Gasteiger partial charge >= 0.3 is 23.9 Å². The molecule has 5 N–H and O–H groups in total. The van der Waals surface area contributed by atoms with Crippen molar-refractivity contribution in [2.24, 2.45) is 0 Å². The number of carboxylic acids is 4. The predicted molar refractivity (Wildman–Crippen MR) is 400 cm³/mol. The van der Waals surface area contributed by atoms with Crippen molar-refractivity contribution in [1.82, 2.24) is 4.58 Å². The highest BCUT2D eigenvalue weighted by Crippen LogP contribution is 2.44. The first kappa shape index (κ1) is 81.0. The maximum absolute atomic E-state index is 13.2. The summed E-state index contributed by atoms with van der Waals surface area (Å²) in [6.45, 7) is -2.96. The van der Waals surface area contributed by atoms with Crippen LogP contribution >= 0.6 is 0 Å². The van der Waals surface area contributed by atoms with Gasteiger partial charge in [-0.15, -0.1) is 0 Å². The summed E-state index contributed by atoms with van der Waals surface area (Å²) in [6, 6.07) is 46.5. The molecular formula is C79H95N6O21+. The van der Waals surface area contributed by atoms with E-state index in [-0.39, 0.29) is 114 Å². The lowest BCUT2D eigenvalue weighted by Crippen LogP contribution is -2.35. The summed E-state index contributed by atoms with van der Waals surface area (Å²) in [5, 5.41) is 44.3. The van der Waals surface area contributed by atoms with Crippen molar-refractivity contribution >= 4 is 74.8 Å². The summed E-state index contributed by atoms with van der Waals surface area (Å²) >= 11 is 0. The first-order valence-corrected chi connectivity index (χ1v) is 34.6. The Hall–Kier alpha value is -10.7. The molecule has 0 fully saturated rings. The van der Waals surface area contributed by atoms with Crippen LogP contribution in [0.4, 0.5) is 28.4 Å². The second kappa shape index (κ2) is 41.7. The zero-order valence-electron chi connectivity index (χ0n) is 61.0. The number of ketones is 2. The number of hydrogen-bond acceptors (Lipinski definition) is 22. The van der Waals surface area contributed by atoms with Crippen molar-refractivity contribution in [1.29, 1.82) is 0 Å². The third kappa shape index (κ3) is 25.3. The predicted octanol–water partition coefficient (Wildman–Crippen LogP) is 9.96. The van der Waals surface area contributed by atoms with Gasteiger partial charge in [0.15, 0.2) is 27.2 Å². The molecule has 0 bridgehead atoms. The molecule has 27 heteroatoms. The molecule has 8 rings (SSSR count). The Bertz CT molecular complexity index is 4190. The Morgan fingerprint density at radius 1 is 0.472 bits per heavy atom. The highest BCUT2D eigenvalue weighted by molar-refractivity contribution is 6.03. The summed E-state index contributed by atoms with van der Waals surface area (Å²) in [5.74, 6) is -3.71. The second-order valence-electron chi connectivity index (χ2n) is 25.4. The van der Waals surface area contributed by atoms with Crippen LogP contribution in [0.2, 0.25) is 0 Å². The quantitative estimate of drug-likeness (QED) is 0.00778. The van der Waals surface area contributed by atoms with E-state index < -0.39 is 50.1 Å². The minimum Gasteiger partial charge on any atom is -0.494 e. The van der Waals surface area contributed by atoms with E-state index in [1.807, 2.05) is 107 Å². The SMILES string of the molecule is CNc1ccc(C(c2ccc(OCCCC(=O)CCCOCOCOCOCOCOCOCCCC(=O)Cc3ccc(OCCOc4cc(-c5c6ccc(=[N+](C)C)cc-6oc6cc(N(C)C)ccc56)ccc4N(CC(=O)O)CC(=O)O)c(N(CC(=O)O)CC(=O)O)c3)cc2)c2ccc(N(C)C)cc2)cc1. The van der Waals surface area contributed by atoms with Gasteiger partial charge in [-0.3, -0.25) is 28.8 Å². The number of carbonyl (C=O) groups is 6. The lowest BCUT2D eigenvalue weighted by atomic mass is 9.85. The number of nitrogens with zero attached hydrogens (tertiary/aromatic N) is 5. The lowest BCUT2D eigenvalue weighted by molar-refractivity contribution is -0.215. The van der Waals surface area contributed by atoms with Gasteiger partial charge in [0.1, 0.15) is 107 Å². The molecule has 0 aromatic heterocycles. The molecule has 6 aromatic carbocycles. The Morgan fingerprint density at radius 2 is 0.972 bits per heavy atom. The van der Waals surface area contributed by atoms with Crippen molar-refractivity contribution in [3.63, 3.8) is 0 Å². The molecule has 0 saturated heterocycles. The monoisotopic (exact) mass is 1460 g/mol. The molecule has 566 valence electrons. The maximum atomic E-state index is 13.2. The molecule has 1 aliphatic carbocycles. The first-order valence-electron chi connectivity index (χ1n) is 34.6. The molecule has 0 saturated carbocycles. The van der Waals surface area contributed by atoms with Crippen LogP contribution in [-0.4, -0.2) is 205 Å². The number of carbonyl (C=O) groups excluding carboxylic acids is 2. The summed E-state index contributed by atoms with van der Waals surface area (Å²) in [5.41, 5.74) is 10.0. The largest absolute Gasteiger partial charge is 0.494 e. The number of hydrogen-bond donors (Lipinski definition) is 5. The number of nitrogens with one attached hydrogen (secondary N) is 1. The normalized spacial score (nSPS) is 11.5. The fourth-order valence-corrected chi connectivity index (χ4v) is 11.7. The van der Waals surface area contributed by atoms with Gasteiger partial charge in [-0.1, -0.05) is 48.5 Å². The zero-order valence-corrected chi connectivity index (χ0v) is 61.0. The number of rotatable bonds is 49. The van der Waals surface area contributed by atoms with Crippen molar-refractivity contribution in [3.8, 4) is 39.7 Å². The lowest BCUT2D eigenvalue weighted by Gasteiger charge is -2.26.